The van der Waals surface area contributed by atoms with E-state index in [0.717, 1.165) is 39.1 Å². The zero-order valence-corrected chi connectivity index (χ0v) is 19.3. The van der Waals surface area contributed by atoms with Crippen molar-refractivity contribution in [2.45, 2.75) is 31.5 Å². The largest absolute Gasteiger partial charge is 0.479 e. The zero-order valence-electron chi connectivity index (χ0n) is 19.3. The first kappa shape index (κ1) is 22.1. The van der Waals surface area contributed by atoms with Gasteiger partial charge in [-0.3, -0.25) is 4.90 Å². The standard InChI is InChI=1S/C23H26F2N8O2/c1-34-22-21-20(14-2-3-18-19(10-14)32(9-6-24)30-28-18)17(25)11-33(21)29-23(27-22)26-15-4-7-31(8-5-15)16-12-35-13-16/h2-3,10-11,15-16H,4-9,12-13H2,1H3,(H,26,29). The number of anilines is 1. The highest BCUT2D eigenvalue weighted by molar-refractivity contribution is 5.89. The third-order valence-electron chi connectivity index (χ3n) is 6.84. The summed E-state index contributed by atoms with van der Waals surface area (Å²) in [5.74, 6) is 0.192. The average molecular weight is 485 g/mol. The van der Waals surface area contributed by atoms with Gasteiger partial charge in [0.2, 0.25) is 11.8 Å². The van der Waals surface area contributed by atoms with Crippen LogP contribution in [0, 0.1) is 5.82 Å². The van der Waals surface area contributed by atoms with E-state index in [0.29, 0.717) is 39.7 Å². The fourth-order valence-electron chi connectivity index (χ4n) is 4.89. The molecule has 0 aliphatic carbocycles. The number of alkyl halides is 1. The summed E-state index contributed by atoms with van der Waals surface area (Å²) in [5, 5.41) is 15.9. The van der Waals surface area contributed by atoms with Crippen LogP contribution in [0.4, 0.5) is 14.7 Å². The van der Waals surface area contributed by atoms with Gasteiger partial charge in [0.25, 0.3) is 0 Å². The highest BCUT2D eigenvalue weighted by Gasteiger charge is 2.30. The van der Waals surface area contributed by atoms with E-state index in [9.17, 15) is 4.39 Å². The van der Waals surface area contributed by atoms with E-state index in [2.05, 4.69) is 30.6 Å². The van der Waals surface area contributed by atoms with Gasteiger partial charge in [0.1, 0.15) is 17.7 Å². The molecule has 0 bridgehead atoms. The maximum Gasteiger partial charge on any atom is 0.244 e. The monoisotopic (exact) mass is 484 g/mol. The number of likely N-dealkylation sites (tertiary alicyclic amines) is 1. The van der Waals surface area contributed by atoms with Crippen molar-refractivity contribution >= 4 is 22.5 Å². The van der Waals surface area contributed by atoms with Crippen molar-refractivity contribution < 1.29 is 18.3 Å². The van der Waals surface area contributed by atoms with Crippen LogP contribution in [-0.4, -0.2) is 86.7 Å². The number of nitrogens with zero attached hydrogens (tertiary/aromatic N) is 7. The number of hydrogen-bond acceptors (Lipinski definition) is 8. The van der Waals surface area contributed by atoms with Crippen molar-refractivity contribution in [3.8, 4) is 17.0 Å². The van der Waals surface area contributed by atoms with E-state index in [4.69, 9.17) is 9.47 Å². The van der Waals surface area contributed by atoms with Crippen LogP contribution in [0.3, 0.4) is 0 Å². The van der Waals surface area contributed by atoms with Crippen LogP contribution in [0.1, 0.15) is 12.8 Å². The molecule has 2 fully saturated rings. The molecular formula is C23H26F2N8O2. The summed E-state index contributed by atoms with van der Waals surface area (Å²) >= 11 is 0. The smallest absolute Gasteiger partial charge is 0.244 e. The molecule has 4 aromatic rings. The number of aromatic nitrogens is 6. The third-order valence-corrected chi connectivity index (χ3v) is 6.84. The van der Waals surface area contributed by atoms with Crippen LogP contribution in [-0.2, 0) is 11.3 Å². The lowest BCUT2D eigenvalue weighted by Crippen LogP contribution is -2.53. The lowest BCUT2D eigenvalue weighted by atomic mass is 10.0. The van der Waals surface area contributed by atoms with Gasteiger partial charge in [-0.25, -0.2) is 18.0 Å². The summed E-state index contributed by atoms with van der Waals surface area (Å²) in [6.07, 6.45) is 3.25. The van der Waals surface area contributed by atoms with Gasteiger partial charge < -0.3 is 14.8 Å². The molecule has 2 aliphatic rings. The maximum atomic E-state index is 15.3. The van der Waals surface area contributed by atoms with Gasteiger partial charge in [-0.15, -0.1) is 10.2 Å². The molecule has 0 amide bonds. The molecule has 35 heavy (non-hydrogen) atoms. The summed E-state index contributed by atoms with van der Waals surface area (Å²) in [6.45, 7) is 3.12. The number of nitrogens with one attached hydrogen (secondary N) is 1. The number of methoxy groups -OCH3 is 1. The summed E-state index contributed by atoms with van der Waals surface area (Å²) in [6, 6.07) is 5.99. The van der Waals surface area contributed by atoms with Crippen molar-refractivity contribution in [2.75, 3.05) is 45.4 Å². The fraction of sp³-hybridized carbons (Fsp3) is 0.478. The molecule has 1 aromatic carbocycles. The molecule has 184 valence electrons. The van der Waals surface area contributed by atoms with Crippen LogP contribution >= 0.6 is 0 Å². The molecule has 5 heterocycles. The number of piperidine rings is 1. The Morgan fingerprint density at radius 1 is 1.23 bits per heavy atom. The molecule has 0 unspecified atom stereocenters. The highest BCUT2D eigenvalue weighted by atomic mass is 19.1. The predicted molar refractivity (Wildman–Crippen MR) is 125 cm³/mol. The molecule has 1 N–H and O–H groups in total. The van der Waals surface area contributed by atoms with Crippen molar-refractivity contribution in [1.82, 2.24) is 34.5 Å². The Kier molecular flexibility index (Phi) is 5.69. The van der Waals surface area contributed by atoms with Crippen molar-refractivity contribution in [3.05, 3.63) is 30.2 Å². The van der Waals surface area contributed by atoms with Crippen LogP contribution in [0.5, 0.6) is 5.88 Å². The van der Waals surface area contributed by atoms with Gasteiger partial charge in [0, 0.05) is 19.1 Å². The number of benzene rings is 1. The topological polar surface area (TPSA) is 94.6 Å². The first-order valence-corrected chi connectivity index (χ1v) is 11.8. The van der Waals surface area contributed by atoms with Gasteiger partial charge in [-0.1, -0.05) is 11.3 Å². The lowest BCUT2D eigenvalue weighted by Gasteiger charge is -2.41. The van der Waals surface area contributed by atoms with Gasteiger partial charge in [0.15, 0.2) is 5.82 Å². The summed E-state index contributed by atoms with van der Waals surface area (Å²) < 4.78 is 42.0. The van der Waals surface area contributed by atoms with Crippen LogP contribution in [0.15, 0.2) is 24.4 Å². The Labute approximate surface area is 199 Å². The first-order chi connectivity index (χ1) is 17.1. The van der Waals surface area contributed by atoms with Crippen molar-refractivity contribution in [3.63, 3.8) is 0 Å². The predicted octanol–water partition coefficient (Wildman–Crippen LogP) is 2.53. The van der Waals surface area contributed by atoms with E-state index in [-0.39, 0.29) is 18.5 Å². The number of rotatable bonds is 7. The second-order valence-corrected chi connectivity index (χ2v) is 8.94. The number of aryl methyl sites for hydroxylation is 1. The molecule has 2 saturated heterocycles. The van der Waals surface area contributed by atoms with E-state index in [1.807, 2.05) is 0 Å². The molecule has 10 nitrogen and oxygen atoms in total. The minimum Gasteiger partial charge on any atom is -0.479 e. The summed E-state index contributed by atoms with van der Waals surface area (Å²) in [7, 11) is 1.50. The van der Waals surface area contributed by atoms with Gasteiger partial charge >= 0.3 is 0 Å². The summed E-state index contributed by atoms with van der Waals surface area (Å²) in [5.41, 5.74) is 2.53. The fourth-order valence-corrected chi connectivity index (χ4v) is 4.89. The normalized spacial score (nSPS) is 17.8. The minimum absolute atomic E-state index is 0.0772. The highest BCUT2D eigenvalue weighted by Crippen LogP contribution is 2.35. The lowest BCUT2D eigenvalue weighted by molar-refractivity contribution is -0.0705. The van der Waals surface area contributed by atoms with Crippen LogP contribution < -0.4 is 10.1 Å². The maximum absolute atomic E-state index is 15.3. The van der Waals surface area contributed by atoms with E-state index >= 15 is 4.39 Å². The van der Waals surface area contributed by atoms with Gasteiger partial charge in [-0.05, 0) is 30.5 Å². The van der Waals surface area contributed by atoms with Crippen LogP contribution in [0.2, 0.25) is 0 Å². The van der Waals surface area contributed by atoms with E-state index < -0.39 is 12.5 Å². The summed E-state index contributed by atoms with van der Waals surface area (Å²) in [4.78, 5) is 7.01. The SMILES string of the molecule is COc1nc(NC2CCN(C3COC3)CC2)nn2cc(F)c(-c3ccc4nnn(CCF)c4c3)c12. The quantitative estimate of drug-likeness (QED) is 0.428. The second kappa shape index (κ2) is 9.00. The Bertz CT molecular complexity index is 1360. The average Bonchev–Trinajstić information content (AvgIpc) is 3.38. The number of halogens is 2. The minimum atomic E-state index is -0.572. The van der Waals surface area contributed by atoms with E-state index in [1.165, 1.54) is 22.5 Å². The molecular weight excluding hydrogens is 458 g/mol. The number of fused-ring (bicyclic) bond motifs is 2. The molecule has 0 radical (unpaired) electrons. The second-order valence-electron chi connectivity index (χ2n) is 8.94. The van der Waals surface area contributed by atoms with Crippen molar-refractivity contribution in [2.24, 2.45) is 0 Å². The number of hydrogen-bond donors (Lipinski definition) is 1. The molecule has 2 aliphatic heterocycles. The third kappa shape index (κ3) is 3.96. The molecule has 0 atom stereocenters. The Morgan fingerprint density at radius 2 is 2.06 bits per heavy atom. The van der Waals surface area contributed by atoms with Crippen LogP contribution in [0.25, 0.3) is 27.7 Å². The van der Waals surface area contributed by atoms with Crippen molar-refractivity contribution in [1.29, 1.82) is 0 Å². The molecule has 0 spiro atoms. The zero-order chi connectivity index (χ0) is 23.9. The Hall–Kier alpha value is -3.38. The molecule has 6 rings (SSSR count). The number of ether oxygens (including phenoxy) is 2. The Balaban J connectivity index is 1.30. The molecule has 12 heteroatoms. The molecule has 0 saturated carbocycles. The first-order valence-electron chi connectivity index (χ1n) is 11.8. The van der Waals surface area contributed by atoms with E-state index in [1.54, 1.807) is 18.2 Å². The Morgan fingerprint density at radius 3 is 2.77 bits per heavy atom. The molecule has 3 aromatic heterocycles. The van der Waals surface area contributed by atoms with Gasteiger partial charge in [-0.2, -0.15) is 4.98 Å². The van der Waals surface area contributed by atoms with Gasteiger partial charge in [0.05, 0.1) is 50.2 Å².